The molecule has 3 rings (SSSR count). The molecule has 0 saturated carbocycles. The predicted molar refractivity (Wildman–Crippen MR) is 109 cm³/mol. The van der Waals surface area contributed by atoms with Crippen LogP contribution in [-0.2, 0) is 17.7 Å². The van der Waals surface area contributed by atoms with Crippen molar-refractivity contribution in [3.8, 4) is 0 Å². The number of benzene rings is 2. The summed E-state index contributed by atoms with van der Waals surface area (Å²) in [5.74, 6) is 0.752. The minimum atomic E-state index is -0.0414. The third-order valence-corrected chi connectivity index (χ3v) is 5.29. The Morgan fingerprint density at radius 2 is 1.74 bits per heavy atom. The fourth-order valence-electron chi connectivity index (χ4n) is 3.68. The monoisotopic (exact) mass is 366 g/mol. The largest absolute Gasteiger partial charge is 0.383 e. The number of carbonyl (C=O) groups excluding carboxylic acids is 1. The highest BCUT2D eigenvalue weighted by Crippen LogP contribution is 2.22. The van der Waals surface area contributed by atoms with E-state index in [4.69, 9.17) is 4.74 Å². The summed E-state index contributed by atoms with van der Waals surface area (Å²) in [4.78, 5) is 14.6. The van der Waals surface area contributed by atoms with E-state index in [-0.39, 0.29) is 5.91 Å². The van der Waals surface area contributed by atoms with Crippen molar-refractivity contribution in [1.82, 2.24) is 10.2 Å². The summed E-state index contributed by atoms with van der Waals surface area (Å²) in [6, 6.07) is 18.8. The van der Waals surface area contributed by atoms with Crippen LogP contribution in [0.25, 0.3) is 0 Å². The lowest BCUT2D eigenvalue weighted by molar-refractivity contribution is 0.0937. The minimum Gasteiger partial charge on any atom is -0.383 e. The van der Waals surface area contributed by atoms with Gasteiger partial charge in [-0.05, 0) is 61.5 Å². The van der Waals surface area contributed by atoms with Crippen molar-refractivity contribution in [3.05, 3.63) is 71.3 Å². The number of likely N-dealkylation sites (tertiary alicyclic amines) is 1. The van der Waals surface area contributed by atoms with Crippen LogP contribution in [0, 0.1) is 5.92 Å². The molecule has 2 aromatic rings. The second-order valence-electron chi connectivity index (χ2n) is 7.35. The first-order valence-electron chi connectivity index (χ1n) is 9.87. The van der Waals surface area contributed by atoms with Gasteiger partial charge in [-0.25, -0.2) is 0 Å². The van der Waals surface area contributed by atoms with E-state index in [0.717, 1.165) is 25.6 Å². The summed E-state index contributed by atoms with van der Waals surface area (Å²) < 4.78 is 4.95. The minimum absolute atomic E-state index is 0.0414. The Hall–Kier alpha value is -2.17. The molecular formula is C23H30N2O2. The molecule has 1 aliphatic heterocycles. The van der Waals surface area contributed by atoms with Gasteiger partial charge in [0.1, 0.15) is 0 Å². The molecule has 0 unspecified atom stereocenters. The first-order valence-corrected chi connectivity index (χ1v) is 9.87. The normalized spacial score (nSPS) is 15.6. The molecule has 0 aromatic heterocycles. The van der Waals surface area contributed by atoms with E-state index in [1.807, 2.05) is 12.1 Å². The van der Waals surface area contributed by atoms with Gasteiger partial charge in [-0.3, -0.25) is 9.69 Å². The van der Waals surface area contributed by atoms with Gasteiger partial charge in [-0.15, -0.1) is 0 Å². The van der Waals surface area contributed by atoms with E-state index in [2.05, 4.69) is 52.7 Å². The van der Waals surface area contributed by atoms with Crippen LogP contribution in [0.4, 0.5) is 0 Å². The van der Waals surface area contributed by atoms with Crippen LogP contribution in [0.1, 0.15) is 34.3 Å². The average Bonchev–Trinajstić information content (AvgIpc) is 2.71. The molecule has 1 saturated heterocycles. The molecule has 144 valence electrons. The summed E-state index contributed by atoms with van der Waals surface area (Å²) in [7, 11) is 1.63. The van der Waals surface area contributed by atoms with Gasteiger partial charge in [-0.2, -0.15) is 0 Å². The van der Waals surface area contributed by atoms with Gasteiger partial charge in [0.05, 0.1) is 6.61 Å². The van der Waals surface area contributed by atoms with Crippen LogP contribution in [0.5, 0.6) is 0 Å². The van der Waals surface area contributed by atoms with Crippen molar-refractivity contribution < 1.29 is 9.53 Å². The SMILES string of the molecule is COCCNC(=O)c1ccc(CN2CCC(Cc3ccccc3)CC2)cc1. The first-order chi connectivity index (χ1) is 13.2. The quantitative estimate of drug-likeness (QED) is 0.727. The number of hydrogen-bond donors (Lipinski definition) is 1. The lowest BCUT2D eigenvalue weighted by Crippen LogP contribution is -2.33. The molecule has 1 N–H and O–H groups in total. The smallest absolute Gasteiger partial charge is 0.251 e. The van der Waals surface area contributed by atoms with Gasteiger partial charge in [-0.1, -0.05) is 42.5 Å². The van der Waals surface area contributed by atoms with Crippen molar-refractivity contribution in [2.24, 2.45) is 5.92 Å². The van der Waals surface area contributed by atoms with Gasteiger partial charge in [0.2, 0.25) is 0 Å². The maximum absolute atomic E-state index is 12.0. The lowest BCUT2D eigenvalue weighted by atomic mass is 9.90. The number of piperidine rings is 1. The number of amides is 1. The first kappa shape index (κ1) is 19.6. The van der Waals surface area contributed by atoms with Crippen molar-refractivity contribution in [2.75, 3.05) is 33.4 Å². The third-order valence-electron chi connectivity index (χ3n) is 5.29. The van der Waals surface area contributed by atoms with Gasteiger partial charge in [0.15, 0.2) is 0 Å². The van der Waals surface area contributed by atoms with Gasteiger partial charge >= 0.3 is 0 Å². The molecule has 0 atom stereocenters. The van der Waals surface area contributed by atoms with Gasteiger partial charge in [0.25, 0.3) is 5.91 Å². The molecule has 0 bridgehead atoms. The number of nitrogens with one attached hydrogen (secondary N) is 1. The third kappa shape index (κ3) is 6.19. The highest BCUT2D eigenvalue weighted by Gasteiger charge is 2.19. The second-order valence-corrected chi connectivity index (χ2v) is 7.35. The molecule has 0 aliphatic carbocycles. The zero-order valence-electron chi connectivity index (χ0n) is 16.2. The van der Waals surface area contributed by atoms with Crippen LogP contribution < -0.4 is 5.32 Å². The molecule has 1 fully saturated rings. The lowest BCUT2D eigenvalue weighted by Gasteiger charge is -2.32. The van der Waals surface area contributed by atoms with E-state index in [9.17, 15) is 4.79 Å². The Kier molecular flexibility index (Phi) is 7.43. The predicted octanol–water partition coefficient (Wildman–Crippen LogP) is 3.52. The Labute approximate surface area is 162 Å². The number of hydrogen-bond acceptors (Lipinski definition) is 3. The molecule has 0 spiro atoms. The molecule has 1 heterocycles. The number of carbonyl (C=O) groups is 1. The highest BCUT2D eigenvalue weighted by molar-refractivity contribution is 5.94. The number of rotatable bonds is 8. The maximum atomic E-state index is 12.0. The Balaban J connectivity index is 1.43. The summed E-state index contributed by atoms with van der Waals surface area (Å²) in [5.41, 5.74) is 3.43. The fraction of sp³-hybridized carbons (Fsp3) is 0.435. The number of ether oxygens (including phenoxy) is 1. The molecule has 4 heteroatoms. The van der Waals surface area contributed by atoms with Gasteiger partial charge < -0.3 is 10.1 Å². The van der Waals surface area contributed by atoms with Crippen LogP contribution in [-0.4, -0.2) is 44.2 Å². The van der Waals surface area contributed by atoms with E-state index in [0.29, 0.717) is 18.7 Å². The highest BCUT2D eigenvalue weighted by atomic mass is 16.5. The Morgan fingerprint density at radius 1 is 1.04 bits per heavy atom. The molecule has 1 amide bonds. The molecule has 0 radical (unpaired) electrons. The van der Waals surface area contributed by atoms with Crippen molar-refractivity contribution >= 4 is 5.91 Å². The topological polar surface area (TPSA) is 41.6 Å². The van der Waals surface area contributed by atoms with Gasteiger partial charge in [0, 0.05) is 25.8 Å². The standard InChI is InChI=1S/C23H30N2O2/c1-27-16-13-24-23(26)22-9-7-21(8-10-22)18-25-14-11-20(12-15-25)17-19-5-3-2-4-6-19/h2-10,20H,11-18H2,1H3,(H,24,26). The Morgan fingerprint density at radius 3 is 2.41 bits per heavy atom. The molecular weight excluding hydrogens is 336 g/mol. The maximum Gasteiger partial charge on any atom is 0.251 e. The zero-order valence-corrected chi connectivity index (χ0v) is 16.2. The van der Waals surface area contributed by atoms with Crippen LogP contribution in [0.15, 0.2) is 54.6 Å². The zero-order chi connectivity index (χ0) is 18.9. The Bertz CT molecular complexity index is 692. The molecule has 27 heavy (non-hydrogen) atoms. The second kappa shape index (κ2) is 10.2. The van der Waals surface area contributed by atoms with E-state index in [1.165, 1.54) is 30.4 Å². The summed E-state index contributed by atoms with van der Waals surface area (Å²) >= 11 is 0. The molecule has 4 nitrogen and oxygen atoms in total. The average molecular weight is 367 g/mol. The summed E-state index contributed by atoms with van der Waals surface area (Å²) in [6.45, 7) is 4.33. The number of nitrogens with zero attached hydrogens (tertiary/aromatic N) is 1. The van der Waals surface area contributed by atoms with Crippen LogP contribution in [0.2, 0.25) is 0 Å². The van der Waals surface area contributed by atoms with Crippen molar-refractivity contribution in [1.29, 1.82) is 0 Å². The molecule has 1 aliphatic rings. The summed E-state index contributed by atoms with van der Waals surface area (Å²) in [6.07, 6.45) is 3.71. The van der Waals surface area contributed by atoms with Crippen LogP contribution in [0.3, 0.4) is 0 Å². The van der Waals surface area contributed by atoms with Crippen LogP contribution >= 0.6 is 0 Å². The molecule has 2 aromatic carbocycles. The van der Waals surface area contributed by atoms with Crippen molar-refractivity contribution in [2.45, 2.75) is 25.8 Å². The van der Waals surface area contributed by atoms with E-state index in [1.54, 1.807) is 7.11 Å². The fourth-order valence-corrected chi connectivity index (χ4v) is 3.68. The number of methoxy groups -OCH3 is 1. The summed E-state index contributed by atoms with van der Waals surface area (Å²) in [5, 5.41) is 2.85. The van der Waals surface area contributed by atoms with Crippen molar-refractivity contribution in [3.63, 3.8) is 0 Å². The van der Waals surface area contributed by atoms with E-state index >= 15 is 0 Å². The van der Waals surface area contributed by atoms with E-state index < -0.39 is 0 Å².